The number of likely N-dealkylation sites (tertiary alicyclic amines) is 1. The molecule has 0 aromatic heterocycles. The average molecular weight is 423 g/mol. The SMILES string of the molecule is CCCOC(=O)C1CCCN(C(Cc2ccccc2)C(=O)Nc2c(C)cccc2C)C1. The van der Waals surface area contributed by atoms with Gasteiger partial charge in [0.2, 0.25) is 5.91 Å². The normalized spacial score (nSPS) is 17.7. The van der Waals surface area contributed by atoms with E-state index in [1.54, 1.807) is 0 Å². The number of nitrogens with zero attached hydrogens (tertiary/aromatic N) is 1. The summed E-state index contributed by atoms with van der Waals surface area (Å²) in [5, 5.41) is 3.18. The molecule has 1 amide bonds. The fraction of sp³-hybridized carbons (Fsp3) is 0.462. The number of amides is 1. The highest BCUT2D eigenvalue weighted by Crippen LogP contribution is 2.24. The van der Waals surface area contributed by atoms with E-state index in [1.165, 1.54) is 0 Å². The number of hydrogen-bond acceptors (Lipinski definition) is 4. The van der Waals surface area contributed by atoms with E-state index in [9.17, 15) is 9.59 Å². The Morgan fingerprint density at radius 1 is 1.10 bits per heavy atom. The van der Waals surface area contributed by atoms with E-state index in [1.807, 2.05) is 57.2 Å². The van der Waals surface area contributed by atoms with Gasteiger partial charge in [0.1, 0.15) is 0 Å². The number of hydrogen-bond donors (Lipinski definition) is 1. The highest BCUT2D eigenvalue weighted by atomic mass is 16.5. The number of nitrogens with one attached hydrogen (secondary N) is 1. The van der Waals surface area contributed by atoms with E-state index in [4.69, 9.17) is 4.74 Å². The minimum atomic E-state index is -0.344. The van der Waals surface area contributed by atoms with Crippen LogP contribution in [0.1, 0.15) is 42.9 Å². The molecule has 2 atom stereocenters. The van der Waals surface area contributed by atoms with Gasteiger partial charge in [0, 0.05) is 12.2 Å². The number of carbonyl (C=O) groups excluding carboxylic acids is 2. The molecule has 2 aromatic rings. The third kappa shape index (κ3) is 6.17. The van der Waals surface area contributed by atoms with Gasteiger partial charge in [-0.15, -0.1) is 0 Å². The lowest BCUT2D eigenvalue weighted by Crippen LogP contribution is -2.51. The van der Waals surface area contributed by atoms with E-state index in [2.05, 4.69) is 22.3 Å². The van der Waals surface area contributed by atoms with Crippen molar-refractivity contribution in [1.82, 2.24) is 4.90 Å². The first-order chi connectivity index (χ1) is 15.0. The largest absolute Gasteiger partial charge is 0.465 e. The minimum absolute atomic E-state index is 0.0242. The molecule has 1 aliphatic heterocycles. The number of rotatable bonds is 8. The van der Waals surface area contributed by atoms with Gasteiger partial charge in [-0.05, 0) is 62.8 Å². The van der Waals surface area contributed by atoms with Gasteiger partial charge in [0.25, 0.3) is 0 Å². The first-order valence-electron chi connectivity index (χ1n) is 11.3. The Kier molecular flexibility index (Phi) is 8.24. The van der Waals surface area contributed by atoms with E-state index in [-0.39, 0.29) is 23.8 Å². The molecule has 5 heteroatoms. The second-order valence-corrected chi connectivity index (χ2v) is 8.46. The van der Waals surface area contributed by atoms with Gasteiger partial charge >= 0.3 is 5.97 Å². The molecule has 1 N–H and O–H groups in total. The van der Waals surface area contributed by atoms with Crippen LogP contribution in [0.15, 0.2) is 48.5 Å². The first-order valence-corrected chi connectivity index (χ1v) is 11.3. The van der Waals surface area contributed by atoms with Gasteiger partial charge in [0.15, 0.2) is 0 Å². The summed E-state index contributed by atoms with van der Waals surface area (Å²) in [6.07, 6.45) is 3.12. The van der Waals surface area contributed by atoms with Gasteiger partial charge in [-0.25, -0.2) is 0 Å². The number of piperidine rings is 1. The molecule has 5 nitrogen and oxygen atoms in total. The van der Waals surface area contributed by atoms with E-state index in [0.717, 1.165) is 48.2 Å². The van der Waals surface area contributed by atoms with E-state index in [0.29, 0.717) is 19.6 Å². The Morgan fingerprint density at radius 3 is 2.48 bits per heavy atom. The second kappa shape index (κ2) is 11.1. The van der Waals surface area contributed by atoms with Crippen LogP contribution in [-0.4, -0.2) is 42.5 Å². The molecular weight excluding hydrogens is 388 g/mol. The summed E-state index contributed by atoms with van der Waals surface area (Å²) in [5.74, 6) is -0.337. The molecule has 2 aromatic carbocycles. The average Bonchev–Trinajstić information content (AvgIpc) is 2.79. The number of ether oxygens (including phenoxy) is 1. The van der Waals surface area contributed by atoms with Crippen LogP contribution in [0.3, 0.4) is 0 Å². The lowest BCUT2D eigenvalue weighted by atomic mass is 9.94. The van der Waals surface area contributed by atoms with Crippen LogP contribution in [0.25, 0.3) is 0 Å². The number of aryl methyl sites for hydroxylation is 2. The quantitative estimate of drug-likeness (QED) is 0.636. The smallest absolute Gasteiger partial charge is 0.310 e. The molecule has 0 spiro atoms. The predicted octanol–water partition coefficient (Wildman–Crippen LogP) is 4.52. The van der Waals surface area contributed by atoms with Gasteiger partial charge in [-0.3, -0.25) is 14.5 Å². The molecule has 0 saturated carbocycles. The predicted molar refractivity (Wildman–Crippen MR) is 124 cm³/mol. The zero-order valence-corrected chi connectivity index (χ0v) is 18.9. The highest BCUT2D eigenvalue weighted by molar-refractivity contribution is 5.96. The summed E-state index contributed by atoms with van der Waals surface area (Å²) < 4.78 is 5.40. The van der Waals surface area contributed by atoms with E-state index < -0.39 is 0 Å². The number of carbonyl (C=O) groups is 2. The monoisotopic (exact) mass is 422 g/mol. The molecule has 1 heterocycles. The molecule has 31 heavy (non-hydrogen) atoms. The molecule has 166 valence electrons. The van der Waals surface area contributed by atoms with Crippen molar-refractivity contribution in [3.63, 3.8) is 0 Å². The molecule has 1 saturated heterocycles. The second-order valence-electron chi connectivity index (χ2n) is 8.46. The summed E-state index contributed by atoms with van der Waals surface area (Å²) in [7, 11) is 0. The lowest BCUT2D eigenvalue weighted by molar-refractivity contribution is -0.151. The van der Waals surface area contributed by atoms with Crippen LogP contribution in [0.2, 0.25) is 0 Å². The van der Waals surface area contributed by atoms with Crippen LogP contribution in [-0.2, 0) is 20.7 Å². The zero-order chi connectivity index (χ0) is 22.2. The zero-order valence-electron chi connectivity index (χ0n) is 18.9. The van der Waals surface area contributed by atoms with Crippen LogP contribution < -0.4 is 5.32 Å². The first kappa shape index (κ1) is 23.0. The molecule has 1 fully saturated rings. The van der Waals surface area contributed by atoms with Crippen LogP contribution in [0, 0.1) is 19.8 Å². The standard InChI is InChI=1S/C26H34N2O3/c1-4-16-31-26(30)22-14-9-15-28(18-22)23(17-21-12-6-5-7-13-21)25(29)27-24-19(2)10-8-11-20(24)3/h5-8,10-13,22-23H,4,9,14-18H2,1-3H3,(H,27,29). The van der Waals surface area contributed by atoms with Crippen molar-refractivity contribution < 1.29 is 14.3 Å². The maximum absolute atomic E-state index is 13.5. The van der Waals surface area contributed by atoms with Crippen molar-refractivity contribution in [1.29, 1.82) is 0 Å². The molecule has 1 aliphatic rings. The summed E-state index contributed by atoms with van der Waals surface area (Å²) in [5.41, 5.74) is 4.08. The number of esters is 1. The minimum Gasteiger partial charge on any atom is -0.465 e. The van der Waals surface area contributed by atoms with Crippen LogP contribution >= 0.6 is 0 Å². The Hall–Kier alpha value is -2.66. The third-order valence-electron chi connectivity index (χ3n) is 5.98. The topological polar surface area (TPSA) is 58.6 Å². The van der Waals surface area contributed by atoms with Crippen molar-refractivity contribution in [3.05, 3.63) is 65.2 Å². The van der Waals surface area contributed by atoms with Crippen LogP contribution in [0.5, 0.6) is 0 Å². The van der Waals surface area contributed by atoms with Crippen molar-refractivity contribution in [3.8, 4) is 0 Å². The maximum Gasteiger partial charge on any atom is 0.310 e. The molecule has 0 radical (unpaired) electrons. The van der Waals surface area contributed by atoms with Gasteiger partial charge in [-0.2, -0.15) is 0 Å². The van der Waals surface area contributed by atoms with E-state index >= 15 is 0 Å². The summed E-state index contributed by atoms with van der Waals surface area (Å²) in [6, 6.07) is 15.8. The highest BCUT2D eigenvalue weighted by Gasteiger charge is 2.34. The Labute approximate surface area is 185 Å². The fourth-order valence-electron chi connectivity index (χ4n) is 4.25. The molecule has 2 unspecified atom stereocenters. The van der Waals surface area contributed by atoms with Crippen molar-refractivity contribution >= 4 is 17.6 Å². The Morgan fingerprint density at radius 2 is 1.81 bits per heavy atom. The molecule has 0 bridgehead atoms. The summed E-state index contributed by atoms with van der Waals surface area (Å²) >= 11 is 0. The van der Waals surface area contributed by atoms with Crippen molar-refractivity contribution in [2.75, 3.05) is 25.0 Å². The molecule has 3 rings (SSSR count). The summed E-state index contributed by atoms with van der Waals surface area (Å²) in [6.45, 7) is 7.82. The number of para-hydroxylation sites is 1. The Bertz CT molecular complexity index is 861. The van der Waals surface area contributed by atoms with Gasteiger partial charge in [0.05, 0.1) is 18.6 Å². The van der Waals surface area contributed by atoms with Crippen molar-refractivity contribution in [2.45, 2.75) is 52.5 Å². The lowest BCUT2D eigenvalue weighted by Gasteiger charge is -2.37. The van der Waals surface area contributed by atoms with Gasteiger partial charge < -0.3 is 10.1 Å². The number of benzene rings is 2. The third-order valence-corrected chi connectivity index (χ3v) is 5.98. The van der Waals surface area contributed by atoms with Crippen LogP contribution in [0.4, 0.5) is 5.69 Å². The molecule has 0 aliphatic carbocycles. The fourth-order valence-corrected chi connectivity index (χ4v) is 4.25. The number of anilines is 1. The summed E-state index contributed by atoms with van der Waals surface area (Å²) in [4.78, 5) is 28.1. The maximum atomic E-state index is 13.5. The van der Waals surface area contributed by atoms with Crippen molar-refractivity contribution in [2.24, 2.45) is 5.92 Å². The van der Waals surface area contributed by atoms with Gasteiger partial charge in [-0.1, -0.05) is 55.5 Å². The molecular formula is C26H34N2O3. The Balaban J connectivity index is 1.80.